The van der Waals surface area contributed by atoms with Gasteiger partial charge in [0.2, 0.25) is 0 Å². The van der Waals surface area contributed by atoms with Crippen molar-refractivity contribution >= 4 is 11.2 Å². The smallest absolute Gasteiger partial charge is 0.182 e. The molecular formula is C23H18FN7. The van der Waals surface area contributed by atoms with Crippen molar-refractivity contribution in [3.63, 3.8) is 0 Å². The van der Waals surface area contributed by atoms with Crippen molar-refractivity contribution in [3.05, 3.63) is 77.9 Å². The lowest BCUT2D eigenvalue weighted by Gasteiger charge is -2.10. The van der Waals surface area contributed by atoms with E-state index in [1.165, 1.54) is 6.07 Å². The molecule has 8 heteroatoms. The van der Waals surface area contributed by atoms with Gasteiger partial charge in [-0.15, -0.1) is 0 Å². The van der Waals surface area contributed by atoms with Crippen molar-refractivity contribution in [1.82, 2.24) is 34.7 Å². The average molecular weight is 411 g/mol. The van der Waals surface area contributed by atoms with Crippen LogP contribution in [0.4, 0.5) is 4.39 Å². The summed E-state index contributed by atoms with van der Waals surface area (Å²) in [6.45, 7) is 5.58. The molecule has 4 heterocycles. The second-order valence-corrected chi connectivity index (χ2v) is 7.32. The van der Waals surface area contributed by atoms with E-state index in [1.807, 2.05) is 45.2 Å². The quantitative estimate of drug-likeness (QED) is 0.438. The molecule has 31 heavy (non-hydrogen) atoms. The fourth-order valence-electron chi connectivity index (χ4n) is 3.32. The van der Waals surface area contributed by atoms with Crippen LogP contribution in [0, 0.1) is 26.6 Å². The molecule has 0 fully saturated rings. The maximum Gasteiger partial charge on any atom is 0.182 e. The van der Waals surface area contributed by atoms with E-state index in [9.17, 15) is 4.39 Å². The summed E-state index contributed by atoms with van der Waals surface area (Å²) in [7, 11) is 0. The fraction of sp³-hybridized carbons (Fsp3) is 0.130. The lowest BCUT2D eigenvalue weighted by Crippen LogP contribution is -2.02. The second kappa shape index (κ2) is 7.32. The van der Waals surface area contributed by atoms with Crippen LogP contribution in [0.2, 0.25) is 0 Å². The number of fused-ring (bicyclic) bond motifs is 1. The Hall–Kier alpha value is -4.07. The van der Waals surface area contributed by atoms with Crippen LogP contribution in [-0.4, -0.2) is 34.7 Å². The molecule has 0 aliphatic carbocycles. The van der Waals surface area contributed by atoms with Gasteiger partial charge in [0.1, 0.15) is 17.0 Å². The maximum atomic E-state index is 14.9. The summed E-state index contributed by atoms with van der Waals surface area (Å²) in [4.78, 5) is 22.5. The van der Waals surface area contributed by atoms with Gasteiger partial charge in [-0.25, -0.2) is 29.0 Å². The average Bonchev–Trinajstić information content (AvgIpc) is 3.25. The Morgan fingerprint density at radius 1 is 0.871 bits per heavy atom. The number of hydrogen-bond acceptors (Lipinski definition) is 6. The molecule has 7 nitrogen and oxygen atoms in total. The van der Waals surface area contributed by atoms with Gasteiger partial charge in [0, 0.05) is 24.2 Å². The predicted octanol–water partition coefficient (Wildman–Crippen LogP) is 4.40. The topological polar surface area (TPSA) is 82.3 Å². The molecule has 0 amide bonds. The zero-order valence-electron chi connectivity index (χ0n) is 17.2. The summed E-state index contributed by atoms with van der Waals surface area (Å²) >= 11 is 0. The van der Waals surface area contributed by atoms with Gasteiger partial charge in [-0.2, -0.15) is 5.10 Å². The zero-order valence-corrected chi connectivity index (χ0v) is 17.2. The third-order valence-electron chi connectivity index (χ3n) is 5.09. The van der Waals surface area contributed by atoms with E-state index in [-0.39, 0.29) is 5.82 Å². The van der Waals surface area contributed by atoms with E-state index in [4.69, 9.17) is 4.98 Å². The molecule has 0 aliphatic rings. The van der Waals surface area contributed by atoms with Crippen LogP contribution in [-0.2, 0) is 0 Å². The number of rotatable bonds is 3. The van der Waals surface area contributed by atoms with E-state index in [2.05, 4.69) is 25.0 Å². The van der Waals surface area contributed by atoms with E-state index in [1.54, 1.807) is 29.3 Å². The number of nitrogens with zero attached hydrogens (tertiary/aromatic N) is 7. The van der Waals surface area contributed by atoms with Gasteiger partial charge in [0.15, 0.2) is 11.5 Å². The summed E-state index contributed by atoms with van der Waals surface area (Å²) in [5, 5.41) is 4.40. The van der Waals surface area contributed by atoms with Gasteiger partial charge in [-0.3, -0.25) is 4.98 Å². The Balaban J connectivity index is 1.73. The van der Waals surface area contributed by atoms with Crippen molar-refractivity contribution in [3.8, 4) is 28.3 Å². The van der Waals surface area contributed by atoms with Crippen LogP contribution >= 0.6 is 0 Å². The molecule has 0 aliphatic heterocycles. The normalized spacial score (nSPS) is 11.2. The van der Waals surface area contributed by atoms with Crippen LogP contribution in [0.25, 0.3) is 39.5 Å². The summed E-state index contributed by atoms with van der Waals surface area (Å²) in [5.41, 5.74) is 5.55. The number of aromatic nitrogens is 7. The Kier molecular flexibility index (Phi) is 4.47. The van der Waals surface area contributed by atoms with Crippen LogP contribution < -0.4 is 0 Å². The SMILES string of the molecule is Cc1ccc(-c2nc(-c3cnn(-c4ccncc4)c3)nc3nc(C)c(C)nc23)c(F)c1. The van der Waals surface area contributed by atoms with Crippen molar-refractivity contribution in [2.45, 2.75) is 20.8 Å². The highest BCUT2D eigenvalue weighted by Crippen LogP contribution is 2.30. The first-order valence-corrected chi connectivity index (χ1v) is 9.74. The van der Waals surface area contributed by atoms with Crippen molar-refractivity contribution in [2.24, 2.45) is 0 Å². The fourth-order valence-corrected chi connectivity index (χ4v) is 3.32. The number of aryl methyl sites for hydroxylation is 3. The largest absolute Gasteiger partial charge is 0.265 e. The molecule has 0 saturated heterocycles. The Morgan fingerprint density at radius 2 is 1.65 bits per heavy atom. The van der Waals surface area contributed by atoms with Gasteiger partial charge in [-0.1, -0.05) is 6.07 Å². The van der Waals surface area contributed by atoms with Gasteiger partial charge in [0.05, 0.1) is 28.8 Å². The van der Waals surface area contributed by atoms with Gasteiger partial charge in [-0.05, 0) is 50.6 Å². The van der Waals surface area contributed by atoms with E-state index < -0.39 is 0 Å². The first kappa shape index (κ1) is 18.9. The van der Waals surface area contributed by atoms with Crippen molar-refractivity contribution < 1.29 is 4.39 Å². The summed E-state index contributed by atoms with van der Waals surface area (Å²) < 4.78 is 16.6. The highest BCUT2D eigenvalue weighted by molar-refractivity contribution is 5.88. The molecule has 0 N–H and O–H groups in total. The predicted molar refractivity (Wildman–Crippen MR) is 115 cm³/mol. The van der Waals surface area contributed by atoms with Crippen LogP contribution in [0.5, 0.6) is 0 Å². The third-order valence-corrected chi connectivity index (χ3v) is 5.09. The van der Waals surface area contributed by atoms with Crippen molar-refractivity contribution in [2.75, 3.05) is 0 Å². The molecule has 0 bridgehead atoms. The molecular weight excluding hydrogens is 393 g/mol. The molecule has 4 aromatic heterocycles. The minimum Gasteiger partial charge on any atom is -0.265 e. The highest BCUT2D eigenvalue weighted by atomic mass is 19.1. The zero-order chi connectivity index (χ0) is 21.5. The standard InChI is InChI=1S/C23H18FN7/c1-13-4-5-18(19(24)10-13)20-21-23(28-15(3)14(2)27-21)30-22(29-20)16-11-26-31(12-16)17-6-8-25-9-7-17/h4-12H,1-3H3. The minimum atomic E-state index is -0.363. The van der Waals surface area contributed by atoms with Gasteiger partial charge < -0.3 is 0 Å². The Labute approximate surface area is 177 Å². The van der Waals surface area contributed by atoms with E-state index >= 15 is 0 Å². The summed E-state index contributed by atoms with van der Waals surface area (Å²) in [6, 6.07) is 8.75. The molecule has 0 radical (unpaired) electrons. The lowest BCUT2D eigenvalue weighted by molar-refractivity contribution is 0.629. The molecule has 5 aromatic rings. The molecule has 0 unspecified atom stereocenters. The molecule has 0 spiro atoms. The monoisotopic (exact) mass is 411 g/mol. The number of halogens is 1. The van der Waals surface area contributed by atoms with E-state index in [0.29, 0.717) is 33.8 Å². The maximum absolute atomic E-state index is 14.9. The first-order valence-electron chi connectivity index (χ1n) is 9.74. The molecule has 1 aromatic carbocycles. The van der Waals surface area contributed by atoms with Crippen molar-refractivity contribution in [1.29, 1.82) is 0 Å². The van der Waals surface area contributed by atoms with E-state index in [0.717, 1.165) is 22.6 Å². The second-order valence-electron chi connectivity index (χ2n) is 7.32. The number of hydrogen-bond donors (Lipinski definition) is 0. The van der Waals surface area contributed by atoms with Crippen LogP contribution in [0.3, 0.4) is 0 Å². The number of pyridine rings is 1. The number of benzene rings is 1. The summed E-state index contributed by atoms with van der Waals surface area (Å²) in [5.74, 6) is 0.0405. The molecule has 5 rings (SSSR count). The minimum absolute atomic E-state index is 0.360. The molecule has 152 valence electrons. The summed E-state index contributed by atoms with van der Waals surface area (Å²) in [6.07, 6.45) is 6.88. The van der Waals surface area contributed by atoms with Gasteiger partial charge >= 0.3 is 0 Å². The van der Waals surface area contributed by atoms with Gasteiger partial charge in [0.25, 0.3) is 0 Å². The molecule has 0 saturated carbocycles. The Bertz CT molecular complexity index is 1430. The van der Waals surface area contributed by atoms with Crippen LogP contribution in [0.1, 0.15) is 17.0 Å². The first-order chi connectivity index (χ1) is 15.0. The molecule has 0 atom stereocenters. The Morgan fingerprint density at radius 3 is 2.42 bits per heavy atom. The third kappa shape index (κ3) is 3.42. The lowest BCUT2D eigenvalue weighted by atomic mass is 10.1. The van der Waals surface area contributed by atoms with Crippen LogP contribution in [0.15, 0.2) is 55.1 Å². The highest BCUT2D eigenvalue weighted by Gasteiger charge is 2.18.